The van der Waals surface area contributed by atoms with Gasteiger partial charge < -0.3 is 10.2 Å². The van der Waals surface area contributed by atoms with Gasteiger partial charge in [0.25, 0.3) is 5.91 Å². The summed E-state index contributed by atoms with van der Waals surface area (Å²) in [5.41, 5.74) is 3.85. The molecule has 4 nitrogen and oxygen atoms in total. The van der Waals surface area contributed by atoms with E-state index in [2.05, 4.69) is 5.32 Å². The third-order valence-corrected chi connectivity index (χ3v) is 3.44. The van der Waals surface area contributed by atoms with Crippen molar-refractivity contribution >= 4 is 11.8 Å². The first-order valence-electron chi connectivity index (χ1n) is 6.63. The van der Waals surface area contributed by atoms with Crippen molar-refractivity contribution in [2.24, 2.45) is 0 Å². The van der Waals surface area contributed by atoms with Crippen LogP contribution in [0, 0.1) is 20.8 Å². The highest BCUT2D eigenvalue weighted by molar-refractivity contribution is 5.99. The normalized spacial score (nSPS) is 15.9. The molecule has 1 aromatic rings. The summed E-state index contributed by atoms with van der Waals surface area (Å²) in [6.45, 7) is 7.36. The predicted octanol–water partition coefficient (Wildman–Crippen LogP) is 1.57. The molecule has 2 rings (SSSR count). The Balaban J connectivity index is 2.31. The average Bonchev–Trinajstić information content (AvgIpc) is 2.52. The molecule has 0 radical (unpaired) electrons. The monoisotopic (exact) mass is 260 g/mol. The van der Waals surface area contributed by atoms with Crippen LogP contribution in [0.2, 0.25) is 0 Å². The van der Waals surface area contributed by atoms with Gasteiger partial charge in [0.2, 0.25) is 5.91 Å². The molecule has 1 fully saturated rings. The van der Waals surface area contributed by atoms with Crippen LogP contribution in [0.3, 0.4) is 0 Å². The van der Waals surface area contributed by atoms with E-state index in [1.807, 2.05) is 32.9 Å². The van der Waals surface area contributed by atoms with Gasteiger partial charge >= 0.3 is 0 Å². The Bertz CT molecular complexity index is 500. The molecule has 1 heterocycles. The molecule has 0 saturated carbocycles. The Hall–Kier alpha value is -1.84. The van der Waals surface area contributed by atoms with Crippen LogP contribution in [0.15, 0.2) is 12.1 Å². The number of amides is 2. The van der Waals surface area contributed by atoms with Crippen molar-refractivity contribution in [3.8, 4) is 0 Å². The molecule has 0 spiro atoms. The first kappa shape index (κ1) is 13.6. The molecule has 4 heteroatoms. The van der Waals surface area contributed by atoms with Crippen LogP contribution < -0.4 is 5.32 Å². The lowest BCUT2D eigenvalue weighted by Crippen LogP contribution is -2.38. The molecule has 1 aromatic carbocycles. The largest absolute Gasteiger partial charge is 0.354 e. The Labute approximate surface area is 113 Å². The van der Waals surface area contributed by atoms with Crippen molar-refractivity contribution in [1.82, 2.24) is 10.2 Å². The highest BCUT2D eigenvalue weighted by Gasteiger charge is 2.23. The molecule has 1 saturated heterocycles. The minimum atomic E-state index is -0.0757. The minimum Gasteiger partial charge on any atom is -0.354 e. The molecule has 0 unspecified atom stereocenters. The van der Waals surface area contributed by atoms with Gasteiger partial charge in [-0.15, -0.1) is 0 Å². The Morgan fingerprint density at radius 3 is 2.47 bits per heavy atom. The third-order valence-electron chi connectivity index (χ3n) is 3.44. The van der Waals surface area contributed by atoms with E-state index in [-0.39, 0.29) is 18.4 Å². The van der Waals surface area contributed by atoms with Crippen LogP contribution in [0.25, 0.3) is 0 Å². The van der Waals surface area contributed by atoms with E-state index in [1.54, 1.807) is 4.90 Å². The number of carbonyl (C=O) groups excluding carboxylic acids is 2. The third kappa shape index (κ3) is 2.95. The van der Waals surface area contributed by atoms with Crippen molar-refractivity contribution in [3.05, 3.63) is 34.4 Å². The average molecular weight is 260 g/mol. The fraction of sp³-hybridized carbons (Fsp3) is 0.467. The van der Waals surface area contributed by atoms with Gasteiger partial charge in [0.05, 0.1) is 6.54 Å². The van der Waals surface area contributed by atoms with E-state index < -0.39 is 0 Å². The lowest BCUT2D eigenvalue weighted by molar-refractivity contribution is -0.121. The second kappa shape index (κ2) is 5.43. The maximum Gasteiger partial charge on any atom is 0.254 e. The van der Waals surface area contributed by atoms with Gasteiger partial charge in [-0.1, -0.05) is 17.7 Å². The zero-order valence-electron chi connectivity index (χ0n) is 11.7. The number of carbonyl (C=O) groups is 2. The molecule has 0 atom stereocenters. The van der Waals surface area contributed by atoms with Crippen molar-refractivity contribution in [3.63, 3.8) is 0 Å². The lowest BCUT2D eigenvalue weighted by Gasteiger charge is -2.21. The molecule has 1 aliphatic rings. The number of hydrogen-bond acceptors (Lipinski definition) is 2. The topological polar surface area (TPSA) is 49.4 Å². The summed E-state index contributed by atoms with van der Waals surface area (Å²) in [5.74, 6) is -0.111. The number of benzene rings is 1. The molecular formula is C15H20N2O2. The van der Waals surface area contributed by atoms with Crippen LogP contribution in [0.4, 0.5) is 0 Å². The zero-order chi connectivity index (χ0) is 14.0. The minimum absolute atomic E-state index is 0.0351. The van der Waals surface area contributed by atoms with Crippen molar-refractivity contribution in [2.75, 3.05) is 19.6 Å². The fourth-order valence-corrected chi connectivity index (χ4v) is 2.65. The highest BCUT2D eigenvalue weighted by atomic mass is 16.2. The molecule has 0 aromatic heterocycles. The van der Waals surface area contributed by atoms with E-state index in [0.29, 0.717) is 13.1 Å². The molecule has 2 amide bonds. The number of nitrogens with zero attached hydrogens (tertiary/aromatic N) is 1. The number of aryl methyl sites for hydroxylation is 3. The zero-order valence-corrected chi connectivity index (χ0v) is 11.7. The summed E-state index contributed by atoms with van der Waals surface area (Å²) >= 11 is 0. The molecule has 19 heavy (non-hydrogen) atoms. The Morgan fingerprint density at radius 2 is 1.84 bits per heavy atom. The van der Waals surface area contributed by atoms with Crippen LogP contribution in [-0.2, 0) is 4.79 Å². The first-order valence-corrected chi connectivity index (χ1v) is 6.63. The van der Waals surface area contributed by atoms with Gasteiger partial charge in [-0.3, -0.25) is 9.59 Å². The SMILES string of the molecule is Cc1cc(C)c(C(=O)N2CCCNC(=O)C2)c(C)c1. The number of rotatable bonds is 1. The summed E-state index contributed by atoms with van der Waals surface area (Å²) in [5, 5.41) is 2.79. The van der Waals surface area contributed by atoms with Gasteiger partial charge in [-0.25, -0.2) is 0 Å². The van der Waals surface area contributed by atoms with Crippen molar-refractivity contribution in [2.45, 2.75) is 27.2 Å². The van der Waals surface area contributed by atoms with Crippen molar-refractivity contribution < 1.29 is 9.59 Å². The molecular weight excluding hydrogens is 240 g/mol. The molecule has 0 aliphatic carbocycles. The maximum absolute atomic E-state index is 12.6. The van der Waals surface area contributed by atoms with Gasteiger partial charge in [0.15, 0.2) is 0 Å². The second-order valence-corrected chi connectivity index (χ2v) is 5.20. The standard InChI is InChI=1S/C15H20N2O2/c1-10-7-11(2)14(12(3)8-10)15(19)17-6-4-5-16-13(18)9-17/h7-8H,4-6,9H2,1-3H3,(H,16,18). The van der Waals surface area contributed by atoms with E-state index in [4.69, 9.17) is 0 Å². The summed E-state index contributed by atoms with van der Waals surface area (Å²) in [6, 6.07) is 4.02. The Morgan fingerprint density at radius 1 is 1.21 bits per heavy atom. The predicted molar refractivity (Wildman–Crippen MR) is 74.2 cm³/mol. The van der Waals surface area contributed by atoms with E-state index in [9.17, 15) is 9.59 Å². The smallest absolute Gasteiger partial charge is 0.254 e. The first-order chi connectivity index (χ1) is 8.99. The van der Waals surface area contributed by atoms with Crippen LogP contribution in [-0.4, -0.2) is 36.3 Å². The Kier molecular flexibility index (Phi) is 3.88. The van der Waals surface area contributed by atoms with E-state index >= 15 is 0 Å². The van der Waals surface area contributed by atoms with E-state index in [1.165, 1.54) is 0 Å². The summed E-state index contributed by atoms with van der Waals surface area (Å²) in [6.07, 6.45) is 0.807. The highest BCUT2D eigenvalue weighted by Crippen LogP contribution is 2.19. The molecule has 1 aliphatic heterocycles. The van der Waals surface area contributed by atoms with Crippen LogP contribution in [0.5, 0.6) is 0 Å². The van der Waals surface area contributed by atoms with Crippen molar-refractivity contribution in [1.29, 1.82) is 0 Å². The summed E-state index contributed by atoms with van der Waals surface area (Å²) in [4.78, 5) is 25.8. The van der Waals surface area contributed by atoms with Gasteiger partial charge in [0.1, 0.15) is 0 Å². The number of nitrogens with one attached hydrogen (secondary N) is 1. The molecule has 0 bridgehead atoms. The van der Waals surface area contributed by atoms with Gasteiger partial charge in [-0.05, 0) is 38.3 Å². The van der Waals surface area contributed by atoms with Gasteiger partial charge in [0, 0.05) is 18.7 Å². The van der Waals surface area contributed by atoms with Crippen LogP contribution >= 0.6 is 0 Å². The quantitative estimate of drug-likeness (QED) is 0.833. The fourth-order valence-electron chi connectivity index (χ4n) is 2.65. The van der Waals surface area contributed by atoms with E-state index in [0.717, 1.165) is 28.7 Å². The maximum atomic E-state index is 12.6. The molecule has 1 N–H and O–H groups in total. The van der Waals surface area contributed by atoms with Crippen LogP contribution in [0.1, 0.15) is 33.5 Å². The summed E-state index contributed by atoms with van der Waals surface area (Å²) < 4.78 is 0. The molecule has 102 valence electrons. The second-order valence-electron chi connectivity index (χ2n) is 5.20. The van der Waals surface area contributed by atoms with Gasteiger partial charge in [-0.2, -0.15) is 0 Å². The number of hydrogen-bond donors (Lipinski definition) is 1. The lowest BCUT2D eigenvalue weighted by atomic mass is 9.98. The summed E-state index contributed by atoms with van der Waals surface area (Å²) in [7, 11) is 0.